The van der Waals surface area contributed by atoms with Crippen molar-refractivity contribution in [1.82, 2.24) is 0 Å². The number of hydrogen-bond acceptors (Lipinski definition) is 10. The molecule has 0 rings (SSSR count). The summed E-state index contributed by atoms with van der Waals surface area (Å²) in [6, 6.07) is 0. The molecule has 11 nitrogen and oxygen atoms in total. The molecule has 0 aliphatic carbocycles. The molecule has 0 aliphatic heterocycles. The van der Waals surface area contributed by atoms with Gasteiger partial charge in [-0.15, -0.1) is 0 Å². The van der Waals surface area contributed by atoms with Crippen LogP contribution < -0.4 is 0 Å². The molecule has 0 fully saturated rings. The highest BCUT2D eigenvalue weighted by Crippen LogP contribution is 2.43. The van der Waals surface area contributed by atoms with Gasteiger partial charge in [-0.2, -0.15) is 0 Å². The van der Waals surface area contributed by atoms with E-state index in [4.69, 9.17) is 19.1 Å². The Morgan fingerprint density at radius 3 is 1.43 bits per heavy atom. The molecule has 0 saturated heterocycles. The zero-order valence-corrected chi connectivity index (χ0v) is 36.2. The first-order valence-corrected chi connectivity index (χ1v) is 22.7. The molecule has 0 aromatic heterocycles. The van der Waals surface area contributed by atoms with E-state index in [9.17, 15) is 29.3 Å². The zero-order chi connectivity index (χ0) is 42.8. The van der Waals surface area contributed by atoms with Crippen LogP contribution in [-0.4, -0.2) is 76.9 Å². The fourth-order valence-corrected chi connectivity index (χ4v) is 5.73. The second-order valence-electron chi connectivity index (χ2n) is 13.9. The maximum absolute atomic E-state index is 12.6. The Balaban J connectivity index is 4.53. The van der Waals surface area contributed by atoms with E-state index in [0.717, 1.165) is 64.2 Å². The number of allylic oxidation sites excluding steroid dienone is 16. The third kappa shape index (κ3) is 41.0. The second-order valence-corrected chi connectivity index (χ2v) is 15.4. The number of carbonyl (C=O) groups is 2. The van der Waals surface area contributed by atoms with Crippen molar-refractivity contribution >= 4 is 19.8 Å². The van der Waals surface area contributed by atoms with Crippen molar-refractivity contribution in [1.29, 1.82) is 0 Å². The topological polar surface area (TPSA) is 169 Å². The molecular weight excluding hydrogens is 759 g/mol. The fourth-order valence-electron chi connectivity index (χ4n) is 4.94. The van der Waals surface area contributed by atoms with E-state index >= 15 is 0 Å². The van der Waals surface area contributed by atoms with Gasteiger partial charge in [0.1, 0.15) is 12.7 Å². The molecular formula is C46H75O11P. The molecule has 0 aromatic rings. The van der Waals surface area contributed by atoms with Gasteiger partial charge in [0.25, 0.3) is 0 Å². The van der Waals surface area contributed by atoms with Crippen molar-refractivity contribution in [3.63, 3.8) is 0 Å². The fraction of sp³-hybridized carbons (Fsp3) is 0.609. The summed E-state index contributed by atoms with van der Waals surface area (Å²) < 4.78 is 32.5. The lowest BCUT2D eigenvalue weighted by Gasteiger charge is -2.20. The zero-order valence-electron chi connectivity index (χ0n) is 35.3. The first-order valence-electron chi connectivity index (χ1n) is 21.2. The minimum atomic E-state index is -4.66. The van der Waals surface area contributed by atoms with Gasteiger partial charge in [-0.05, 0) is 103 Å². The molecule has 1 unspecified atom stereocenters. The standard InChI is InChI=1S/C46H75O11P/c1-3-4-5-6-7-8-9-10-11-12-15-18-21-24-27-30-33-36-45(50)54-40-44(41-56-58(52,53)55-39-43(49)38-47)57-46(51)37-34-31-28-25-22-19-16-13-14-17-20-23-26-29-32-35-42(2)48/h7-8,10-11,14-19,23-28,42-44,47-49H,3-6,9,12-13,20-22,29-41H2,1-2H3,(H,52,53)/b8-7-,11-10-,17-14-,18-15-,19-16-,26-23-,27-24-,28-25-/t42-,43-,44+/m0/s1. The normalized spacial score (nSPS) is 15.3. The molecule has 0 spiro atoms. The lowest BCUT2D eigenvalue weighted by atomic mass is 10.1. The summed E-state index contributed by atoms with van der Waals surface area (Å²) in [6.07, 6.45) is 46.6. The summed E-state index contributed by atoms with van der Waals surface area (Å²) in [6.45, 7) is 1.74. The van der Waals surface area contributed by atoms with E-state index in [0.29, 0.717) is 25.7 Å². The molecule has 0 aromatic carbocycles. The van der Waals surface area contributed by atoms with Gasteiger partial charge in [0.05, 0.1) is 25.9 Å². The van der Waals surface area contributed by atoms with Gasteiger partial charge in [0, 0.05) is 12.8 Å². The maximum Gasteiger partial charge on any atom is 0.472 e. The number of aliphatic hydroxyl groups is 3. The lowest BCUT2D eigenvalue weighted by Crippen LogP contribution is -2.29. The van der Waals surface area contributed by atoms with Crippen LogP contribution in [0.1, 0.15) is 136 Å². The van der Waals surface area contributed by atoms with Crippen LogP contribution in [-0.2, 0) is 32.7 Å². The van der Waals surface area contributed by atoms with Crippen LogP contribution in [0.3, 0.4) is 0 Å². The Hall–Kier alpha value is -3.15. The highest BCUT2D eigenvalue weighted by atomic mass is 31.2. The van der Waals surface area contributed by atoms with Crippen molar-refractivity contribution in [2.24, 2.45) is 0 Å². The summed E-state index contributed by atoms with van der Waals surface area (Å²) in [5.41, 5.74) is 0. The number of phosphoric acid groups is 1. The molecule has 4 N–H and O–H groups in total. The monoisotopic (exact) mass is 835 g/mol. The van der Waals surface area contributed by atoms with Crippen LogP contribution in [0.5, 0.6) is 0 Å². The van der Waals surface area contributed by atoms with Crippen LogP contribution >= 0.6 is 7.82 Å². The molecule has 12 heteroatoms. The van der Waals surface area contributed by atoms with Gasteiger partial charge in [-0.1, -0.05) is 117 Å². The van der Waals surface area contributed by atoms with Gasteiger partial charge in [-0.25, -0.2) is 4.57 Å². The van der Waals surface area contributed by atoms with E-state index in [-0.39, 0.29) is 25.6 Å². The summed E-state index contributed by atoms with van der Waals surface area (Å²) in [5.74, 6) is -1.08. The SMILES string of the molecule is CCCCC/C=C\C/C=C\C/C=C\C/C=C\CCCC(=O)OC[C@H](COP(=O)(O)OC[C@@H](O)CO)OC(=O)CCC/C=C\C/C=C\C/C=C\C/C=C\CCC[C@H](C)O. The number of esters is 2. The van der Waals surface area contributed by atoms with Gasteiger partial charge in [0.15, 0.2) is 6.10 Å². The summed E-state index contributed by atoms with van der Waals surface area (Å²) >= 11 is 0. The molecule has 58 heavy (non-hydrogen) atoms. The van der Waals surface area contributed by atoms with Gasteiger partial charge >= 0.3 is 19.8 Å². The van der Waals surface area contributed by atoms with E-state index in [1.165, 1.54) is 19.3 Å². The van der Waals surface area contributed by atoms with Crippen LogP contribution in [0, 0.1) is 0 Å². The van der Waals surface area contributed by atoms with Crippen LogP contribution in [0.2, 0.25) is 0 Å². The van der Waals surface area contributed by atoms with E-state index < -0.39 is 51.8 Å². The minimum Gasteiger partial charge on any atom is -0.462 e. The summed E-state index contributed by atoms with van der Waals surface area (Å²) in [4.78, 5) is 34.9. The number of rotatable bonds is 38. The average Bonchev–Trinajstić information content (AvgIpc) is 3.20. The Kier molecular flexibility index (Phi) is 38.4. The second kappa shape index (κ2) is 40.6. The molecule has 0 aliphatic rings. The van der Waals surface area contributed by atoms with Crippen molar-refractivity contribution in [2.45, 2.75) is 154 Å². The Bertz CT molecular complexity index is 1300. The average molecular weight is 835 g/mol. The molecule has 330 valence electrons. The largest absolute Gasteiger partial charge is 0.472 e. The first kappa shape index (κ1) is 54.9. The predicted molar refractivity (Wildman–Crippen MR) is 234 cm³/mol. The Morgan fingerprint density at radius 2 is 0.983 bits per heavy atom. The highest BCUT2D eigenvalue weighted by molar-refractivity contribution is 7.47. The number of hydrogen-bond donors (Lipinski definition) is 4. The number of phosphoric ester groups is 1. The van der Waals surface area contributed by atoms with Crippen LogP contribution in [0.15, 0.2) is 97.2 Å². The van der Waals surface area contributed by atoms with E-state index in [1.807, 2.05) is 31.2 Å². The number of aliphatic hydroxyl groups excluding tert-OH is 3. The highest BCUT2D eigenvalue weighted by Gasteiger charge is 2.27. The molecule has 0 amide bonds. The Labute approximate surface area is 349 Å². The predicted octanol–water partition coefficient (Wildman–Crippen LogP) is 10.2. The first-order chi connectivity index (χ1) is 28.1. The van der Waals surface area contributed by atoms with Crippen molar-refractivity contribution in [3.05, 3.63) is 97.2 Å². The van der Waals surface area contributed by atoms with Gasteiger partial charge in [-0.3, -0.25) is 18.6 Å². The van der Waals surface area contributed by atoms with Crippen LogP contribution in [0.4, 0.5) is 0 Å². The molecule has 4 atom stereocenters. The molecule has 0 bridgehead atoms. The number of unbranched alkanes of at least 4 members (excludes halogenated alkanes) is 6. The van der Waals surface area contributed by atoms with Crippen molar-refractivity contribution in [2.75, 3.05) is 26.4 Å². The van der Waals surface area contributed by atoms with Gasteiger partial charge in [0.2, 0.25) is 0 Å². The maximum atomic E-state index is 12.6. The van der Waals surface area contributed by atoms with Crippen molar-refractivity contribution < 1.29 is 52.9 Å². The third-order valence-corrected chi connectivity index (χ3v) is 9.18. The minimum absolute atomic E-state index is 0.0788. The lowest BCUT2D eigenvalue weighted by molar-refractivity contribution is -0.161. The van der Waals surface area contributed by atoms with Crippen molar-refractivity contribution in [3.8, 4) is 0 Å². The van der Waals surface area contributed by atoms with Crippen LogP contribution in [0.25, 0.3) is 0 Å². The smallest absolute Gasteiger partial charge is 0.462 e. The number of carbonyl (C=O) groups excluding carboxylic acids is 2. The summed E-state index contributed by atoms with van der Waals surface area (Å²) in [7, 11) is -4.66. The Morgan fingerprint density at radius 1 is 0.569 bits per heavy atom. The van der Waals surface area contributed by atoms with Gasteiger partial charge < -0.3 is 29.7 Å². The van der Waals surface area contributed by atoms with E-state index in [1.54, 1.807) is 0 Å². The van der Waals surface area contributed by atoms with E-state index in [2.05, 4.69) is 84.4 Å². The molecule has 0 radical (unpaired) electrons. The molecule has 0 saturated carbocycles. The summed E-state index contributed by atoms with van der Waals surface area (Å²) in [5, 5.41) is 27.6. The molecule has 0 heterocycles. The quantitative estimate of drug-likeness (QED) is 0.0202. The third-order valence-electron chi connectivity index (χ3n) is 8.23. The number of ether oxygens (including phenoxy) is 2.